The van der Waals surface area contributed by atoms with E-state index in [1.807, 2.05) is 17.5 Å². The Kier molecular flexibility index (Phi) is 5.99. The molecule has 0 unspecified atom stereocenters. The fourth-order valence-electron chi connectivity index (χ4n) is 4.44. The number of alkyl halides is 3. The van der Waals surface area contributed by atoms with Gasteiger partial charge in [-0.2, -0.15) is 13.2 Å². The summed E-state index contributed by atoms with van der Waals surface area (Å²) in [7, 11) is 0. The molecule has 2 atom stereocenters. The van der Waals surface area contributed by atoms with Crippen molar-refractivity contribution in [3.63, 3.8) is 0 Å². The molecule has 0 bridgehead atoms. The zero-order valence-corrected chi connectivity index (χ0v) is 18.4. The molecule has 0 saturated heterocycles. The third-order valence-corrected chi connectivity index (χ3v) is 6.87. The minimum Gasteiger partial charge on any atom is -0.463 e. The second-order valence-corrected chi connectivity index (χ2v) is 8.85. The standard InChI is InChI=1S/C24H22F3NO3S/c1-3-31-23(30)20-13(2)28-17-11-15(19-5-4-10-32-19)12-18(29)22(17)21(20)14-6-8-16(9-7-14)24(25,26)27/h4-10,15,21,28H,3,11-12H2,1-2H3/t15-,21+/m0/s1. The minimum absolute atomic E-state index is 0.0268. The van der Waals surface area contributed by atoms with E-state index in [9.17, 15) is 22.8 Å². The van der Waals surface area contributed by atoms with Crippen LogP contribution in [0.1, 0.15) is 54.5 Å². The van der Waals surface area contributed by atoms with Gasteiger partial charge in [-0.15, -0.1) is 11.3 Å². The summed E-state index contributed by atoms with van der Waals surface area (Å²) in [6.07, 6.45) is -3.60. The molecule has 0 spiro atoms. The predicted molar refractivity (Wildman–Crippen MR) is 115 cm³/mol. The Balaban J connectivity index is 1.80. The van der Waals surface area contributed by atoms with E-state index >= 15 is 0 Å². The topological polar surface area (TPSA) is 55.4 Å². The van der Waals surface area contributed by atoms with Gasteiger partial charge in [0, 0.05) is 40.1 Å². The lowest BCUT2D eigenvalue weighted by Gasteiger charge is -2.36. The van der Waals surface area contributed by atoms with Gasteiger partial charge in [0.25, 0.3) is 0 Å². The van der Waals surface area contributed by atoms with Crippen molar-refractivity contribution in [2.45, 2.75) is 44.7 Å². The third kappa shape index (κ3) is 4.11. The molecule has 1 aliphatic carbocycles. The lowest BCUT2D eigenvalue weighted by Crippen LogP contribution is -2.36. The van der Waals surface area contributed by atoms with Crippen molar-refractivity contribution in [2.75, 3.05) is 6.61 Å². The minimum atomic E-state index is -4.47. The highest BCUT2D eigenvalue weighted by Crippen LogP contribution is 2.46. The first kappa shape index (κ1) is 22.3. The van der Waals surface area contributed by atoms with Gasteiger partial charge in [0.1, 0.15) is 0 Å². The third-order valence-electron chi connectivity index (χ3n) is 5.84. The van der Waals surface area contributed by atoms with Crippen molar-refractivity contribution in [3.05, 3.63) is 80.3 Å². The molecule has 1 aromatic carbocycles. The van der Waals surface area contributed by atoms with Crippen molar-refractivity contribution in [2.24, 2.45) is 0 Å². The van der Waals surface area contributed by atoms with Crippen LogP contribution in [0.4, 0.5) is 13.2 Å². The van der Waals surface area contributed by atoms with Gasteiger partial charge in [0.15, 0.2) is 5.78 Å². The van der Waals surface area contributed by atoms with E-state index < -0.39 is 23.6 Å². The number of hydrogen-bond acceptors (Lipinski definition) is 5. The van der Waals surface area contributed by atoms with Crippen LogP contribution in [0.25, 0.3) is 0 Å². The summed E-state index contributed by atoms with van der Waals surface area (Å²) < 4.78 is 44.5. The lowest BCUT2D eigenvalue weighted by atomic mass is 9.72. The number of esters is 1. The monoisotopic (exact) mass is 461 g/mol. The maximum Gasteiger partial charge on any atom is 0.416 e. The summed E-state index contributed by atoms with van der Waals surface area (Å²) >= 11 is 1.59. The molecule has 1 aliphatic heterocycles. The van der Waals surface area contributed by atoms with E-state index in [2.05, 4.69) is 5.32 Å². The molecule has 0 amide bonds. The number of allylic oxidation sites excluding steroid dienone is 3. The van der Waals surface area contributed by atoms with Crippen LogP contribution in [0, 0.1) is 0 Å². The highest BCUT2D eigenvalue weighted by Gasteiger charge is 2.42. The Hall–Kier alpha value is -2.87. The van der Waals surface area contributed by atoms with E-state index in [-0.39, 0.29) is 30.3 Å². The quantitative estimate of drug-likeness (QED) is 0.595. The summed E-state index contributed by atoms with van der Waals surface area (Å²) in [5.74, 6) is -1.44. The number of carbonyl (C=O) groups is 2. The van der Waals surface area contributed by atoms with Gasteiger partial charge >= 0.3 is 12.1 Å². The van der Waals surface area contributed by atoms with Crippen LogP contribution in [0.5, 0.6) is 0 Å². The Bertz CT molecular complexity index is 1100. The molecular formula is C24H22F3NO3S. The number of hydrogen-bond donors (Lipinski definition) is 1. The molecule has 1 aromatic heterocycles. The molecule has 0 radical (unpaired) electrons. The van der Waals surface area contributed by atoms with Crippen molar-refractivity contribution in [1.82, 2.24) is 5.32 Å². The number of benzene rings is 1. The van der Waals surface area contributed by atoms with E-state index in [1.54, 1.807) is 25.2 Å². The van der Waals surface area contributed by atoms with Gasteiger partial charge in [0.2, 0.25) is 0 Å². The van der Waals surface area contributed by atoms with Crippen LogP contribution in [-0.4, -0.2) is 18.4 Å². The number of nitrogens with one attached hydrogen (secondary N) is 1. The number of ether oxygens (including phenoxy) is 1. The van der Waals surface area contributed by atoms with Gasteiger partial charge in [-0.05, 0) is 49.4 Å². The second kappa shape index (κ2) is 8.58. The molecule has 4 rings (SSSR count). The number of carbonyl (C=O) groups excluding carboxylic acids is 2. The number of rotatable bonds is 4. The Labute approximate surface area is 187 Å². The molecule has 32 heavy (non-hydrogen) atoms. The molecule has 8 heteroatoms. The molecule has 0 fully saturated rings. The smallest absolute Gasteiger partial charge is 0.416 e. The lowest BCUT2D eigenvalue weighted by molar-refractivity contribution is -0.139. The van der Waals surface area contributed by atoms with Gasteiger partial charge in [-0.25, -0.2) is 4.79 Å². The molecule has 2 heterocycles. The Morgan fingerprint density at radius 3 is 2.50 bits per heavy atom. The average molecular weight is 462 g/mol. The highest BCUT2D eigenvalue weighted by molar-refractivity contribution is 7.10. The van der Waals surface area contributed by atoms with Gasteiger partial charge in [0.05, 0.1) is 17.7 Å². The van der Waals surface area contributed by atoms with E-state index in [4.69, 9.17) is 4.74 Å². The largest absolute Gasteiger partial charge is 0.463 e. The zero-order chi connectivity index (χ0) is 23.0. The first-order valence-electron chi connectivity index (χ1n) is 10.3. The molecule has 2 aliphatic rings. The van der Waals surface area contributed by atoms with Gasteiger partial charge in [-0.1, -0.05) is 18.2 Å². The summed E-state index contributed by atoms with van der Waals surface area (Å²) in [5, 5.41) is 5.19. The van der Waals surface area contributed by atoms with Crippen molar-refractivity contribution < 1.29 is 27.5 Å². The first-order valence-corrected chi connectivity index (χ1v) is 11.2. The molecule has 4 nitrogen and oxygen atoms in total. The van der Waals surface area contributed by atoms with Crippen LogP contribution in [0.15, 0.2) is 64.3 Å². The summed E-state index contributed by atoms with van der Waals surface area (Å²) in [6, 6.07) is 8.59. The Morgan fingerprint density at radius 1 is 1.19 bits per heavy atom. The molecular weight excluding hydrogens is 439 g/mol. The van der Waals surface area contributed by atoms with Gasteiger partial charge in [-0.3, -0.25) is 4.79 Å². The highest BCUT2D eigenvalue weighted by atomic mass is 32.1. The van der Waals surface area contributed by atoms with Crippen molar-refractivity contribution in [1.29, 1.82) is 0 Å². The summed E-state index contributed by atoms with van der Waals surface area (Å²) in [5.41, 5.74) is 1.63. The van der Waals surface area contributed by atoms with Gasteiger partial charge < -0.3 is 10.1 Å². The predicted octanol–water partition coefficient (Wildman–Crippen LogP) is 5.69. The fraction of sp³-hybridized carbons (Fsp3) is 0.333. The van der Waals surface area contributed by atoms with Crippen LogP contribution in [0.3, 0.4) is 0 Å². The number of thiophene rings is 1. The fourth-order valence-corrected chi connectivity index (χ4v) is 5.27. The second-order valence-electron chi connectivity index (χ2n) is 7.87. The Morgan fingerprint density at radius 2 is 1.91 bits per heavy atom. The molecule has 168 valence electrons. The van der Waals surface area contributed by atoms with Crippen LogP contribution < -0.4 is 5.32 Å². The maximum atomic E-state index is 13.3. The average Bonchev–Trinajstić information content (AvgIpc) is 3.27. The van der Waals surface area contributed by atoms with Crippen molar-refractivity contribution in [3.8, 4) is 0 Å². The summed E-state index contributed by atoms with van der Waals surface area (Å²) in [6.45, 7) is 3.56. The maximum absolute atomic E-state index is 13.3. The summed E-state index contributed by atoms with van der Waals surface area (Å²) in [4.78, 5) is 27.3. The molecule has 2 aromatic rings. The number of dihydropyridines is 1. The molecule has 0 saturated carbocycles. The van der Waals surface area contributed by atoms with E-state index in [0.717, 1.165) is 22.7 Å². The first-order chi connectivity index (χ1) is 15.2. The van der Waals surface area contributed by atoms with Crippen LogP contribution in [0.2, 0.25) is 0 Å². The number of Topliss-reactive ketones (excluding diaryl/α,β-unsaturated/α-hetero) is 1. The SMILES string of the molecule is CCOC(=O)C1=C(C)NC2=C(C(=O)C[C@@H](c3cccs3)C2)[C@@H]1c1ccc(C(F)(F)F)cc1. The number of ketones is 1. The normalized spacial score (nSPS) is 21.3. The molecule has 1 N–H and O–H groups in total. The van der Waals surface area contributed by atoms with Crippen molar-refractivity contribution >= 4 is 23.1 Å². The van der Waals surface area contributed by atoms with E-state index in [1.165, 1.54) is 12.1 Å². The van der Waals surface area contributed by atoms with E-state index in [0.29, 0.717) is 23.3 Å². The number of halogens is 3. The zero-order valence-electron chi connectivity index (χ0n) is 17.6. The van der Waals surface area contributed by atoms with Crippen LogP contribution >= 0.6 is 11.3 Å². The van der Waals surface area contributed by atoms with Crippen LogP contribution in [-0.2, 0) is 20.5 Å².